The van der Waals surface area contributed by atoms with Crippen molar-refractivity contribution in [2.75, 3.05) is 33.9 Å². The van der Waals surface area contributed by atoms with E-state index in [9.17, 15) is 9.59 Å². The highest BCUT2D eigenvalue weighted by Crippen LogP contribution is 2.42. The van der Waals surface area contributed by atoms with Gasteiger partial charge in [0.1, 0.15) is 0 Å². The van der Waals surface area contributed by atoms with E-state index in [1.54, 1.807) is 43.4 Å². The minimum atomic E-state index is -0.399. The van der Waals surface area contributed by atoms with Crippen LogP contribution in [0.3, 0.4) is 0 Å². The van der Waals surface area contributed by atoms with Gasteiger partial charge in [0.15, 0.2) is 11.5 Å². The number of carbonyl (C=O) groups excluding carboxylic acids is 2. The number of halogens is 1. The predicted octanol–water partition coefficient (Wildman–Crippen LogP) is 4.13. The smallest absolute Gasteiger partial charge is 0.255 e. The molecule has 0 spiro atoms. The maximum absolute atomic E-state index is 13.2. The Kier molecular flexibility index (Phi) is 7.80. The molecule has 0 bridgehead atoms. The van der Waals surface area contributed by atoms with E-state index in [2.05, 4.69) is 12.2 Å². The zero-order valence-electron chi connectivity index (χ0n) is 18.2. The van der Waals surface area contributed by atoms with E-state index in [1.807, 2.05) is 18.2 Å². The van der Waals surface area contributed by atoms with Crippen LogP contribution in [0.2, 0.25) is 5.02 Å². The summed E-state index contributed by atoms with van der Waals surface area (Å²) in [5, 5.41) is 3.43. The number of methoxy groups -OCH3 is 2. The predicted molar refractivity (Wildman–Crippen MR) is 121 cm³/mol. The van der Waals surface area contributed by atoms with Gasteiger partial charge in [0, 0.05) is 31.1 Å². The van der Waals surface area contributed by atoms with Crippen LogP contribution in [0.5, 0.6) is 11.5 Å². The van der Waals surface area contributed by atoms with E-state index in [0.29, 0.717) is 41.7 Å². The molecular weight excluding hydrogens is 416 g/mol. The van der Waals surface area contributed by atoms with Gasteiger partial charge in [-0.15, -0.1) is 0 Å². The van der Waals surface area contributed by atoms with Crippen molar-refractivity contribution in [2.24, 2.45) is 5.92 Å². The van der Waals surface area contributed by atoms with Gasteiger partial charge < -0.3 is 19.7 Å². The van der Waals surface area contributed by atoms with Gasteiger partial charge in [0.2, 0.25) is 5.91 Å². The summed E-state index contributed by atoms with van der Waals surface area (Å²) >= 11 is 6.26. The SMILES string of the molecule is CCCCNC(=O)[C@@H]1CN(C(=O)c2ccccc2Cl)C[C@H]1c1cccc(OC)c1OC. The summed E-state index contributed by atoms with van der Waals surface area (Å²) < 4.78 is 11.1. The minimum Gasteiger partial charge on any atom is -0.493 e. The molecule has 3 rings (SSSR count). The van der Waals surface area contributed by atoms with Crippen LogP contribution in [0, 0.1) is 5.92 Å². The molecule has 31 heavy (non-hydrogen) atoms. The fraction of sp³-hybridized carbons (Fsp3) is 0.417. The molecule has 1 aliphatic rings. The number of ether oxygens (including phenoxy) is 2. The third kappa shape index (κ3) is 4.96. The van der Waals surface area contributed by atoms with Crippen molar-refractivity contribution in [3.05, 3.63) is 58.6 Å². The number of rotatable bonds is 8. The summed E-state index contributed by atoms with van der Waals surface area (Å²) in [4.78, 5) is 28.0. The molecule has 2 atom stereocenters. The first-order valence-corrected chi connectivity index (χ1v) is 10.9. The first-order chi connectivity index (χ1) is 15.0. The molecule has 0 unspecified atom stereocenters. The zero-order chi connectivity index (χ0) is 22.4. The Labute approximate surface area is 188 Å². The molecule has 1 saturated heterocycles. The molecule has 1 fully saturated rings. The molecule has 2 amide bonds. The minimum absolute atomic E-state index is 0.0576. The maximum Gasteiger partial charge on any atom is 0.255 e. The summed E-state index contributed by atoms with van der Waals surface area (Å²) in [5.74, 6) is 0.330. The van der Waals surface area contributed by atoms with Gasteiger partial charge in [-0.1, -0.05) is 49.2 Å². The molecule has 0 aromatic heterocycles. The van der Waals surface area contributed by atoms with Gasteiger partial charge in [-0.05, 0) is 24.6 Å². The van der Waals surface area contributed by atoms with Gasteiger partial charge >= 0.3 is 0 Å². The van der Waals surface area contributed by atoms with E-state index >= 15 is 0 Å². The second kappa shape index (κ2) is 10.5. The maximum atomic E-state index is 13.2. The van der Waals surface area contributed by atoms with Crippen LogP contribution in [-0.4, -0.2) is 50.6 Å². The van der Waals surface area contributed by atoms with Gasteiger partial charge in [0.25, 0.3) is 5.91 Å². The molecular formula is C24H29ClN2O4. The standard InChI is InChI=1S/C24H29ClN2O4/c1-4-5-13-26-23(28)19-15-27(24(29)17-9-6-7-11-20(17)25)14-18(19)16-10-8-12-21(30-2)22(16)31-3/h6-12,18-19H,4-5,13-15H2,1-3H3,(H,26,28)/t18-,19+/m0/s1. The van der Waals surface area contributed by atoms with Crippen molar-refractivity contribution in [3.8, 4) is 11.5 Å². The van der Waals surface area contributed by atoms with Crippen LogP contribution >= 0.6 is 11.6 Å². The number of amides is 2. The van der Waals surface area contributed by atoms with Crippen molar-refractivity contribution in [1.29, 1.82) is 0 Å². The van der Waals surface area contributed by atoms with E-state index < -0.39 is 5.92 Å². The van der Waals surface area contributed by atoms with Crippen LogP contribution in [-0.2, 0) is 4.79 Å². The van der Waals surface area contributed by atoms with Crippen LogP contribution in [0.15, 0.2) is 42.5 Å². The second-order valence-electron chi connectivity index (χ2n) is 7.63. The Morgan fingerprint density at radius 2 is 1.87 bits per heavy atom. The van der Waals surface area contributed by atoms with E-state index in [-0.39, 0.29) is 17.7 Å². The number of likely N-dealkylation sites (tertiary alicyclic amines) is 1. The Morgan fingerprint density at radius 1 is 1.10 bits per heavy atom. The van der Waals surface area contributed by atoms with E-state index in [0.717, 1.165) is 18.4 Å². The summed E-state index contributed by atoms with van der Waals surface area (Å²) in [6.45, 7) is 3.40. The molecule has 1 N–H and O–H groups in total. The Balaban J connectivity index is 1.94. The third-order valence-electron chi connectivity index (χ3n) is 5.71. The zero-order valence-corrected chi connectivity index (χ0v) is 18.9. The van der Waals surface area contributed by atoms with E-state index in [4.69, 9.17) is 21.1 Å². The Hall–Kier alpha value is -2.73. The highest BCUT2D eigenvalue weighted by Gasteiger charge is 2.42. The average Bonchev–Trinajstić information content (AvgIpc) is 3.24. The average molecular weight is 445 g/mol. The molecule has 7 heteroatoms. The highest BCUT2D eigenvalue weighted by atomic mass is 35.5. The van der Waals surface area contributed by atoms with Gasteiger partial charge in [-0.2, -0.15) is 0 Å². The van der Waals surface area contributed by atoms with Gasteiger partial charge in [-0.25, -0.2) is 0 Å². The molecule has 1 heterocycles. The number of carbonyl (C=O) groups is 2. The highest BCUT2D eigenvalue weighted by molar-refractivity contribution is 6.33. The molecule has 0 radical (unpaired) electrons. The number of nitrogens with zero attached hydrogens (tertiary/aromatic N) is 1. The molecule has 0 aliphatic carbocycles. The number of unbranched alkanes of at least 4 members (excludes halogenated alkanes) is 1. The number of nitrogens with one attached hydrogen (secondary N) is 1. The second-order valence-corrected chi connectivity index (χ2v) is 8.04. The Morgan fingerprint density at radius 3 is 2.55 bits per heavy atom. The number of hydrogen-bond donors (Lipinski definition) is 1. The van der Waals surface area contributed by atoms with Crippen molar-refractivity contribution in [2.45, 2.75) is 25.7 Å². The van der Waals surface area contributed by atoms with Crippen molar-refractivity contribution < 1.29 is 19.1 Å². The normalized spacial score (nSPS) is 18.0. The lowest BCUT2D eigenvalue weighted by Crippen LogP contribution is -2.36. The first-order valence-electron chi connectivity index (χ1n) is 10.5. The van der Waals surface area contributed by atoms with Crippen molar-refractivity contribution in [3.63, 3.8) is 0 Å². The third-order valence-corrected chi connectivity index (χ3v) is 6.04. The molecule has 1 aliphatic heterocycles. The first kappa shape index (κ1) is 22.9. The Bertz CT molecular complexity index is 934. The fourth-order valence-corrected chi connectivity index (χ4v) is 4.30. The molecule has 166 valence electrons. The summed E-state index contributed by atoms with van der Waals surface area (Å²) in [6.07, 6.45) is 1.91. The molecule has 2 aromatic carbocycles. The van der Waals surface area contributed by atoms with Gasteiger partial charge in [-0.3, -0.25) is 9.59 Å². The number of benzene rings is 2. The summed E-state index contributed by atoms with van der Waals surface area (Å²) in [5.41, 5.74) is 1.29. The number of hydrogen-bond acceptors (Lipinski definition) is 4. The van der Waals surface area contributed by atoms with Crippen LogP contribution in [0.1, 0.15) is 41.6 Å². The van der Waals surface area contributed by atoms with Gasteiger partial charge in [0.05, 0.1) is 30.7 Å². The lowest BCUT2D eigenvalue weighted by molar-refractivity contribution is -0.124. The van der Waals surface area contributed by atoms with Crippen molar-refractivity contribution in [1.82, 2.24) is 10.2 Å². The topological polar surface area (TPSA) is 67.9 Å². The van der Waals surface area contributed by atoms with Crippen molar-refractivity contribution >= 4 is 23.4 Å². The summed E-state index contributed by atoms with van der Waals surface area (Å²) in [6, 6.07) is 12.6. The van der Waals surface area contributed by atoms with E-state index in [1.165, 1.54) is 0 Å². The lowest BCUT2D eigenvalue weighted by Gasteiger charge is -2.21. The molecule has 2 aromatic rings. The fourth-order valence-electron chi connectivity index (χ4n) is 4.08. The van der Waals surface area contributed by atoms with Crippen LogP contribution < -0.4 is 14.8 Å². The summed E-state index contributed by atoms with van der Waals surface area (Å²) in [7, 11) is 3.16. The monoisotopic (exact) mass is 444 g/mol. The molecule has 6 nitrogen and oxygen atoms in total. The largest absolute Gasteiger partial charge is 0.493 e. The number of para-hydroxylation sites is 1. The molecule has 0 saturated carbocycles. The quantitative estimate of drug-likeness (QED) is 0.621. The van der Waals surface area contributed by atoms with Crippen LogP contribution in [0.25, 0.3) is 0 Å². The lowest BCUT2D eigenvalue weighted by atomic mass is 9.87. The van der Waals surface area contributed by atoms with Crippen LogP contribution in [0.4, 0.5) is 0 Å².